The van der Waals surface area contributed by atoms with Gasteiger partial charge in [-0.25, -0.2) is 0 Å². The zero-order valence-electron chi connectivity index (χ0n) is 10.3. The summed E-state index contributed by atoms with van der Waals surface area (Å²) in [5.41, 5.74) is 0.383. The van der Waals surface area contributed by atoms with Crippen molar-refractivity contribution in [1.82, 2.24) is 4.90 Å². The molecule has 0 aliphatic carbocycles. The average Bonchev–Trinajstić information content (AvgIpc) is 2.46. The third-order valence-electron chi connectivity index (χ3n) is 2.79. The van der Waals surface area contributed by atoms with Crippen LogP contribution in [0, 0.1) is 11.3 Å². The fourth-order valence-corrected chi connectivity index (χ4v) is 1.94. The van der Waals surface area contributed by atoms with Crippen LogP contribution in [-0.2, 0) is 9.53 Å². The summed E-state index contributed by atoms with van der Waals surface area (Å²) in [6.45, 7) is 2.28. The highest BCUT2D eigenvalue weighted by molar-refractivity contribution is 6.31. The van der Waals surface area contributed by atoms with E-state index in [0.717, 1.165) is 0 Å². The summed E-state index contributed by atoms with van der Waals surface area (Å²) in [6, 6.07) is 6.69. The molecular weight excluding hydrogens is 268 g/mol. The fourth-order valence-electron chi connectivity index (χ4n) is 1.73. The summed E-state index contributed by atoms with van der Waals surface area (Å²) in [7, 11) is 0. The number of benzene rings is 1. The Morgan fingerprint density at radius 3 is 2.84 bits per heavy atom. The Balaban J connectivity index is 1.89. The van der Waals surface area contributed by atoms with Gasteiger partial charge in [0, 0.05) is 19.2 Å². The molecule has 1 aliphatic heterocycles. The predicted octanol–water partition coefficient (Wildman–Crippen LogP) is 1.45. The van der Waals surface area contributed by atoms with E-state index in [1.807, 2.05) is 6.07 Å². The summed E-state index contributed by atoms with van der Waals surface area (Å²) in [5, 5.41) is 9.07. The van der Waals surface area contributed by atoms with Crippen LogP contribution in [0.2, 0.25) is 5.02 Å². The Labute approximate surface area is 116 Å². The highest BCUT2D eigenvalue weighted by Crippen LogP contribution is 2.21. The minimum atomic E-state index is -0.0798. The molecule has 0 aromatic heterocycles. The summed E-state index contributed by atoms with van der Waals surface area (Å²) in [4.78, 5) is 13.5. The molecule has 1 aromatic carbocycles. The number of ether oxygens (including phenoxy) is 2. The molecule has 5 nitrogen and oxygen atoms in total. The Morgan fingerprint density at radius 1 is 1.47 bits per heavy atom. The first-order chi connectivity index (χ1) is 9.20. The number of carbonyl (C=O) groups excluding carboxylic acids is 1. The van der Waals surface area contributed by atoms with Gasteiger partial charge in [-0.2, -0.15) is 5.26 Å². The summed E-state index contributed by atoms with van der Waals surface area (Å²) < 4.78 is 10.5. The first-order valence-electron chi connectivity index (χ1n) is 5.88. The van der Waals surface area contributed by atoms with Crippen molar-refractivity contribution >= 4 is 17.5 Å². The van der Waals surface area contributed by atoms with Gasteiger partial charge in [0.2, 0.25) is 0 Å². The van der Waals surface area contributed by atoms with Crippen LogP contribution in [0.4, 0.5) is 0 Å². The number of rotatable bonds is 3. The van der Waals surface area contributed by atoms with Crippen molar-refractivity contribution in [1.29, 1.82) is 5.26 Å². The van der Waals surface area contributed by atoms with E-state index in [-0.39, 0.29) is 12.5 Å². The molecule has 19 heavy (non-hydrogen) atoms. The number of nitrogens with zero attached hydrogens (tertiary/aromatic N) is 2. The predicted molar refractivity (Wildman–Crippen MR) is 69.1 cm³/mol. The molecule has 1 fully saturated rings. The van der Waals surface area contributed by atoms with Gasteiger partial charge >= 0.3 is 0 Å². The number of halogens is 1. The minimum Gasteiger partial charge on any atom is -0.484 e. The first-order valence-corrected chi connectivity index (χ1v) is 6.26. The number of hydrogen-bond acceptors (Lipinski definition) is 4. The first kappa shape index (κ1) is 13.7. The van der Waals surface area contributed by atoms with Crippen LogP contribution < -0.4 is 4.74 Å². The molecule has 0 bridgehead atoms. The van der Waals surface area contributed by atoms with Crippen LogP contribution in [-0.4, -0.2) is 43.7 Å². The van der Waals surface area contributed by atoms with Gasteiger partial charge in [0.25, 0.3) is 5.91 Å². The van der Waals surface area contributed by atoms with E-state index in [4.69, 9.17) is 26.3 Å². The van der Waals surface area contributed by atoms with Crippen LogP contribution in [0.5, 0.6) is 5.75 Å². The maximum absolute atomic E-state index is 11.8. The molecule has 1 aliphatic rings. The summed E-state index contributed by atoms with van der Waals surface area (Å²) in [5.74, 6) is 0.398. The van der Waals surface area contributed by atoms with Gasteiger partial charge in [-0.3, -0.25) is 4.79 Å². The number of nitriles is 1. The molecule has 0 atom stereocenters. The van der Waals surface area contributed by atoms with Gasteiger partial charge < -0.3 is 14.4 Å². The van der Waals surface area contributed by atoms with Gasteiger partial charge in [-0.15, -0.1) is 0 Å². The lowest BCUT2D eigenvalue weighted by Crippen LogP contribution is -2.42. The Morgan fingerprint density at radius 2 is 2.21 bits per heavy atom. The molecule has 2 rings (SSSR count). The number of hydrogen-bond donors (Lipinski definition) is 0. The third kappa shape index (κ3) is 3.60. The van der Waals surface area contributed by atoms with Crippen molar-refractivity contribution in [3.05, 3.63) is 28.8 Å². The molecule has 6 heteroatoms. The van der Waals surface area contributed by atoms with Gasteiger partial charge in [-0.1, -0.05) is 11.6 Å². The van der Waals surface area contributed by atoms with E-state index in [2.05, 4.69) is 0 Å². The second-order valence-corrected chi connectivity index (χ2v) is 4.44. The van der Waals surface area contributed by atoms with Crippen LogP contribution >= 0.6 is 11.6 Å². The quantitative estimate of drug-likeness (QED) is 0.841. The molecule has 100 valence electrons. The largest absolute Gasteiger partial charge is 0.484 e. The molecular formula is C13H13ClN2O3. The molecule has 0 radical (unpaired) electrons. The van der Waals surface area contributed by atoms with E-state index in [0.29, 0.717) is 42.6 Å². The SMILES string of the molecule is N#Cc1ccc(OCC(=O)N2CCOCC2)cc1Cl. The van der Waals surface area contributed by atoms with Gasteiger partial charge in [0.15, 0.2) is 6.61 Å². The maximum Gasteiger partial charge on any atom is 0.260 e. The van der Waals surface area contributed by atoms with E-state index in [1.54, 1.807) is 17.0 Å². The summed E-state index contributed by atoms with van der Waals surface area (Å²) in [6.07, 6.45) is 0. The van der Waals surface area contributed by atoms with Crippen molar-refractivity contribution in [3.63, 3.8) is 0 Å². The highest BCUT2D eigenvalue weighted by Gasteiger charge is 2.17. The zero-order valence-corrected chi connectivity index (χ0v) is 11.0. The van der Waals surface area contributed by atoms with E-state index in [9.17, 15) is 4.79 Å². The standard InChI is InChI=1S/C13H13ClN2O3/c14-12-7-11(2-1-10(12)8-15)19-9-13(17)16-3-5-18-6-4-16/h1-2,7H,3-6,9H2. The number of amides is 1. The third-order valence-corrected chi connectivity index (χ3v) is 3.10. The van der Waals surface area contributed by atoms with Gasteiger partial charge in [0.1, 0.15) is 11.8 Å². The normalized spacial score (nSPS) is 14.8. The monoisotopic (exact) mass is 280 g/mol. The Bertz CT molecular complexity index is 507. The second kappa shape index (κ2) is 6.41. The van der Waals surface area contributed by atoms with E-state index >= 15 is 0 Å². The molecule has 1 heterocycles. The van der Waals surface area contributed by atoms with E-state index < -0.39 is 0 Å². The van der Waals surface area contributed by atoms with Crippen LogP contribution in [0.3, 0.4) is 0 Å². The van der Waals surface area contributed by atoms with E-state index in [1.165, 1.54) is 6.07 Å². The molecule has 0 spiro atoms. The summed E-state index contributed by atoms with van der Waals surface area (Å²) >= 11 is 5.88. The van der Waals surface area contributed by atoms with Crippen molar-refractivity contribution in [2.75, 3.05) is 32.9 Å². The molecule has 0 N–H and O–H groups in total. The van der Waals surface area contributed by atoms with Crippen LogP contribution in [0.15, 0.2) is 18.2 Å². The lowest BCUT2D eigenvalue weighted by Gasteiger charge is -2.26. The second-order valence-electron chi connectivity index (χ2n) is 4.04. The average molecular weight is 281 g/mol. The van der Waals surface area contributed by atoms with Gasteiger partial charge in [0.05, 0.1) is 23.8 Å². The van der Waals surface area contributed by atoms with Crippen LogP contribution in [0.25, 0.3) is 0 Å². The lowest BCUT2D eigenvalue weighted by molar-refractivity contribution is -0.137. The topological polar surface area (TPSA) is 62.6 Å². The number of carbonyl (C=O) groups is 1. The molecule has 1 amide bonds. The smallest absolute Gasteiger partial charge is 0.260 e. The molecule has 1 saturated heterocycles. The van der Waals surface area contributed by atoms with Crippen molar-refractivity contribution in [3.8, 4) is 11.8 Å². The fraction of sp³-hybridized carbons (Fsp3) is 0.385. The Hall–Kier alpha value is -1.77. The highest BCUT2D eigenvalue weighted by atomic mass is 35.5. The minimum absolute atomic E-state index is 0.0395. The van der Waals surface area contributed by atoms with Crippen LogP contribution in [0.1, 0.15) is 5.56 Å². The molecule has 1 aromatic rings. The molecule has 0 unspecified atom stereocenters. The lowest BCUT2D eigenvalue weighted by atomic mass is 10.2. The van der Waals surface area contributed by atoms with Crippen molar-refractivity contribution in [2.45, 2.75) is 0 Å². The molecule has 0 saturated carbocycles. The Kier molecular flexibility index (Phi) is 4.61. The maximum atomic E-state index is 11.8. The zero-order chi connectivity index (χ0) is 13.7. The number of morpholine rings is 1. The van der Waals surface area contributed by atoms with Crippen molar-refractivity contribution in [2.24, 2.45) is 0 Å². The van der Waals surface area contributed by atoms with Gasteiger partial charge in [-0.05, 0) is 12.1 Å². The van der Waals surface area contributed by atoms with Crippen molar-refractivity contribution < 1.29 is 14.3 Å².